The van der Waals surface area contributed by atoms with Crippen molar-refractivity contribution in [2.24, 2.45) is 0 Å². The Morgan fingerprint density at radius 1 is 0.426 bits per heavy atom. The van der Waals surface area contributed by atoms with E-state index in [2.05, 4.69) is 82.2 Å². The molecule has 27 nitrogen and oxygen atoms in total. The van der Waals surface area contributed by atoms with Crippen molar-refractivity contribution < 1.29 is 56.1 Å². The molecular weight excluding hydrogens is 1910 g/mol. The van der Waals surface area contributed by atoms with Gasteiger partial charge in [-0.05, 0) is 221 Å². The quantitative estimate of drug-likeness (QED) is 0.0377. The van der Waals surface area contributed by atoms with E-state index in [1.54, 1.807) is 62.4 Å². The first-order chi connectivity index (χ1) is 67.7. The van der Waals surface area contributed by atoms with Crippen LogP contribution in [-0.2, 0) is 64.1 Å². The highest BCUT2D eigenvalue weighted by Gasteiger charge is 2.37. The highest BCUT2D eigenvalue weighted by molar-refractivity contribution is 8.00. The maximum Gasteiger partial charge on any atom is 0.417 e. The maximum atomic E-state index is 13.3. The lowest BCUT2D eigenvalue weighted by Gasteiger charge is -2.36. The molecule has 0 unspecified atom stereocenters. The van der Waals surface area contributed by atoms with Crippen molar-refractivity contribution >= 4 is 117 Å². The SMILES string of the molecule is CCC(=O)CSc1nc(-c2ccccc2)cc(C(F)(F)F)c1C#N.CCN(CC)C(=O)CSc1nc(C)cc(C)c1C#N.COCc1cc(C)nc(SCC(=O)Cc2ccc(N3CCCCC3)c(Cl)c2)c1C#N.COCc1cc(C)nc(SCC(=O)N2CCN(c3ccccc3)CC2)c1C#N.Cc1cc(C)c(C#N)c(OCC(=O)N2CCCCC2)n1.Cc1cc(C)c(C#N)c(SCC(=O)N2CCCCC2)n1. The van der Waals surface area contributed by atoms with E-state index in [-0.39, 0.29) is 82.1 Å². The Morgan fingerprint density at radius 2 is 0.830 bits per heavy atom. The molecule has 4 aliphatic heterocycles. The van der Waals surface area contributed by atoms with Crippen molar-refractivity contribution in [1.82, 2.24) is 49.5 Å². The molecule has 4 saturated heterocycles. The van der Waals surface area contributed by atoms with Gasteiger partial charge in [0.1, 0.15) is 78.7 Å². The van der Waals surface area contributed by atoms with Crippen LogP contribution in [0.2, 0.25) is 5.02 Å². The monoisotopic (exact) mass is 2030 g/mol. The highest BCUT2D eigenvalue weighted by Crippen LogP contribution is 2.40. The zero-order valence-electron chi connectivity index (χ0n) is 82.2. The van der Waals surface area contributed by atoms with Crippen LogP contribution >= 0.6 is 70.4 Å². The zero-order chi connectivity index (χ0) is 103. The topological polar surface area (TPSA) is 370 Å². The van der Waals surface area contributed by atoms with Gasteiger partial charge >= 0.3 is 6.18 Å². The van der Waals surface area contributed by atoms with Crippen molar-refractivity contribution in [3.8, 4) is 53.6 Å². The molecular formula is C105H120ClF3N18O9S5. The van der Waals surface area contributed by atoms with E-state index in [0.29, 0.717) is 116 Å². The van der Waals surface area contributed by atoms with Crippen LogP contribution < -0.4 is 14.5 Å². The number of amides is 4. The van der Waals surface area contributed by atoms with Crippen LogP contribution in [0.5, 0.6) is 5.88 Å². The van der Waals surface area contributed by atoms with Gasteiger partial charge in [0.15, 0.2) is 6.61 Å². The number of thioether (sulfide) groups is 5. The van der Waals surface area contributed by atoms with E-state index in [1.165, 1.54) is 84.8 Å². The molecule has 0 aliphatic carbocycles. The summed E-state index contributed by atoms with van der Waals surface area (Å²) >= 11 is 12.7. The van der Waals surface area contributed by atoms with E-state index in [0.717, 1.165) is 163 Å². The molecule has 4 fully saturated rings. The molecule has 4 aliphatic rings. The molecule has 0 atom stereocenters. The van der Waals surface area contributed by atoms with E-state index < -0.39 is 17.3 Å². The Morgan fingerprint density at radius 3 is 1.28 bits per heavy atom. The maximum absolute atomic E-state index is 13.3. The molecule has 742 valence electrons. The smallest absolute Gasteiger partial charge is 0.417 e. The Labute approximate surface area is 852 Å². The van der Waals surface area contributed by atoms with Gasteiger partial charge < -0.3 is 43.6 Å². The van der Waals surface area contributed by atoms with Crippen LogP contribution in [0, 0.1) is 123 Å². The summed E-state index contributed by atoms with van der Waals surface area (Å²) in [5, 5.41) is 58.8. The number of hydrogen-bond acceptors (Lipinski definition) is 28. The van der Waals surface area contributed by atoms with Gasteiger partial charge in [-0.2, -0.15) is 44.7 Å². The Balaban J connectivity index is 0.000000209. The van der Waals surface area contributed by atoms with Gasteiger partial charge in [-0.1, -0.05) is 132 Å². The lowest BCUT2D eigenvalue weighted by Crippen LogP contribution is -2.49. The number of aromatic nitrogens is 6. The average molecular weight is 2030 g/mol. The van der Waals surface area contributed by atoms with Crippen molar-refractivity contribution in [3.05, 3.63) is 221 Å². The number of carbonyl (C=O) groups excluding carboxylic acids is 6. The van der Waals surface area contributed by atoms with Crippen LogP contribution in [0.1, 0.15) is 186 Å². The second-order valence-electron chi connectivity index (χ2n) is 33.4. The summed E-state index contributed by atoms with van der Waals surface area (Å²) in [6, 6.07) is 47.2. The summed E-state index contributed by atoms with van der Waals surface area (Å²) in [5.41, 5.74) is 13.2. The number of aryl methyl sites for hydroxylation is 8. The molecule has 0 bridgehead atoms. The molecule has 0 radical (unpaired) electrons. The second kappa shape index (κ2) is 58.9. The third-order valence-corrected chi connectivity index (χ3v) is 28.1. The molecule has 0 saturated carbocycles. The van der Waals surface area contributed by atoms with Crippen LogP contribution in [-0.4, -0.2) is 213 Å². The van der Waals surface area contributed by atoms with Crippen LogP contribution in [0.4, 0.5) is 24.5 Å². The van der Waals surface area contributed by atoms with Gasteiger partial charge in [-0.15, -0.1) is 0 Å². The van der Waals surface area contributed by atoms with Gasteiger partial charge in [0.2, 0.25) is 23.6 Å². The van der Waals surface area contributed by atoms with Crippen LogP contribution in [0.3, 0.4) is 0 Å². The first kappa shape index (κ1) is 114. The molecule has 4 amide bonds. The zero-order valence-corrected chi connectivity index (χ0v) is 87.0. The van der Waals surface area contributed by atoms with Crippen molar-refractivity contribution in [2.45, 2.75) is 191 Å². The first-order valence-corrected chi connectivity index (χ1v) is 51.8. The van der Waals surface area contributed by atoms with Gasteiger partial charge in [0, 0.05) is 145 Å². The highest BCUT2D eigenvalue weighted by atomic mass is 35.5. The minimum Gasteiger partial charge on any atom is -0.467 e. The predicted octanol–water partition coefficient (Wildman–Crippen LogP) is 19.7. The fourth-order valence-corrected chi connectivity index (χ4v) is 20.8. The number of likely N-dealkylation sites (tertiary alicyclic amines) is 2. The fourth-order valence-electron chi connectivity index (χ4n) is 15.6. The minimum atomic E-state index is -4.68. The molecule has 10 heterocycles. The number of benzene rings is 3. The lowest BCUT2D eigenvalue weighted by atomic mass is 10.1. The Kier molecular flexibility index (Phi) is 47.7. The number of rotatable bonds is 30. The number of piperidine rings is 3. The van der Waals surface area contributed by atoms with Crippen LogP contribution in [0.15, 0.2) is 140 Å². The minimum absolute atomic E-state index is 0.0201. The number of Topliss-reactive ketones (excluding diaryl/α,β-unsaturated/α-hetero) is 2. The summed E-state index contributed by atoms with van der Waals surface area (Å²) in [6.45, 7) is 31.1. The van der Waals surface area contributed by atoms with E-state index >= 15 is 0 Å². The van der Waals surface area contributed by atoms with Crippen molar-refractivity contribution in [1.29, 1.82) is 31.6 Å². The number of carbonyl (C=O) groups is 6. The fraction of sp³-hybridized carbons (Fsp3) is 0.429. The number of pyridine rings is 6. The van der Waals surface area contributed by atoms with E-state index in [4.69, 9.17) is 41.6 Å². The van der Waals surface area contributed by atoms with Gasteiger partial charge in [0.25, 0.3) is 5.91 Å². The average Bonchev–Trinajstić information content (AvgIpc) is 0.783. The largest absolute Gasteiger partial charge is 0.467 e. The van der Waals surface area contributed by atoms with Crippen molar-refractivity contribution in [2.75, 3.05) is 138 Å². The number of piperazine rings is 1. The number of halogens is 4. The number of alkyl halides is 3. The number of hydrogen-bond donors (Lipinski definition) is 0. The summed E-state index contributed by atoms with van der Waals surface area (Å²) in [5.74, 6) is 1.70. The molecule has 13 rings (SSSR count). The summed E-state index contributed by atoms with van der Waals surface area (Å²) in [6.07, 6.45) is 6.27. The molecule has 9 aromatic rings. The van der Waals surface area contributed by atoms with Crippen molar-refractivity contribution in [3.63, 3.8) is 0 Å². The molecule has 3 aromatic carbocycles. The van der Waals surface area contributed by atoms with Gasteiger partial charge in [-0.25, -0.2) is 29.9 Å². The number of para-hydroxylation sites is 1. The third kappa shape index (κ3) is 35.5. The number of anilines is 2. The standard InChI is InChI=1S/C23H26ClN3O2S.C21H24N4O2S.C17H13F3N2OS.C15H19N3O2.C15H19N3OS.C14H19N3OS/c1-16-10-18(14-29-2)20(13-25)23(26-16)30-15-19(28)11-17-6-7-22(21(24)12-17)27-8-4-3-5-9-27;1-16-12-17(14-27-2)19(13-22)21(23-16)28-15-20(26)25-10-8-24(9-11-25)18-6-4-3-5-7-18;1-2-12(23)10-24-16-13(9-21)14(17(18,19)20)8-15(22-16)11-6-4-3-5-7-11;2*1-11-8-12(2)17-15(13(11)9-16)20-10-14(19)18-6-4-3-5-7-18;1-5-17(6-2)13(18)9-19-14-12(8-15)10(3)7-11(4)16-14/h6-7,10,12H,3-5,8-9,11,14-15H2,1-2H3;3-7,12H,8-11,14-15H2,1-2H3;3-8H,2,10H2,1H3;2*8H,3-7,10H2,1-2H3;7H,5-6,9H2,1-4H3. The number of nitrogens with zero attached hydrogens (tertiary/aromatic N) is 18. The molecule has 0 spiro atoms. The first-order valence-electron chi connectivity index (χ1n) is 46.5. The molecule has 36 heteroatoms. The van der Waals surface area contributed by atoms with E-state index in [9.17, 15) is 57.7 Å². The number of ketones is 2. The summed E-state index contributed by atoms with van der Waals surface area (Å²) in [7, 11) is 3.19. The van der Waals surface area contributed by atoms with E-state index in [1.807, 2.05) is 151 Å². The predicted molar refractivity (Wildman–Crippen MR) is 548 cm³/mol. The number of nitriles is 6. The summed E-state index contributed by atoms with van der Waals surface area (Å²) < 4.78 is 55.8. The molecule has 6 aromatic heterocycles. The van der Waals surface area contributed by atoms with Crippen LogP contribution in [0.25, 0.3) is 11.3 Å². The number of ether oxygens (including phenoxy) is 3. The lowest BCUT2D eigenvalue weighted by molar-refractivity contribution is -0.138. The third-order valence-electron chi connectivity index (χ3n) is 22.8. The molecule has 141 heavy (non-hydrogen) atoms. The number of methoxy groups -OCH3 is 2. The Hall–Kier alpha value is -12.1. The second-order valence-corrected chi connectivity index (χ2v) is 38.7. The normalized spacial score (nSPS) is 13.2. The van der Waals surface area contributed by atoms with Gasteiger partial charge in [0.05, 0.1) is 91.8 Å². The van der Waals surface area contributed by atoms with Gasteiger partial charge in [-0.3, -0.25) is 28.8 Å². The Bertz CT molecular complexity index is 5960. The summed E-state index contributed by atoms with van der Waals surface area (Å²) in [4.78, 5) is 111. The molecule has 0 N–H and O–H groups in total.